The Hall–Kier alpha value is -2.25. The van der Waals surface area contributed by atoms with Gasteiger partial charge in [0, 0.05) is 16.7 Å². The van der Waals surface area contributed by atoms with Crippen molar-refractivity contribution in [2.75, 3.05) is 0 Å². The van der Waals surface area contributed by atoms with Crippen molar-refractivity contribution >= 4 is 17.7 Å². The van der Waals surface area contributed by atoms with E-state index in [1.54, 1.807) is 23.9 Å². The first-order chi connectivity index (χ1) is 10.6. The summed E-state index contributed by atoms with van der Waals surface area (Å²) in [4.78, 5) is 13.4. The Kier molecular flexibility index (Phi) is 5.62. The summed E-state index contributed by atoms with van der Waals surface area (Å²) in [7, 11) is 0. The molecule has 22 heavy (non-hydrogen) atoms. The molecule has 112 valence electrons. The second kappa shape index (κ2) is 7.67. The first kappa shape index (κ1) is 16.1. The molecule has 0 aliphatic heterocycles. The van der Waals surface area contributed by atoms with Gasteiger partial charge in [0.25, 0.3) is 5.91 Å². The van der Waals surface area contributed by atoms with Gasteiger partial charge in [-0.1, -0.05) is 38.1 Å². The van der Waals surface area contributed by atoms with E-state index in [-0.39, 0.29) is 5.91 Å². The van der Waals surface area contributed by atoms with Gasteiger partial charge in [0.05, 0.1) is 17.2 Å². The van der Waals surface area contributed by atoms with Crippen LogP contribution in [0.5, 0.6) is 0 Å². The molecule has 1 N–H and O–H groups in total. The van der Waals surface area contributed by atoms with Gasteiger partial charge in [0.1, 0.15) is 0 Å². The molecule has 0 saturated carbocycles. The third-order valence-electron chi connectivity index (χ3n) is 3.03. The lowest BCUT2D eigenvalue weighted by Gasteiger charge is -2.11. The molecule has 2 rings (SSSR count). The van der Waals surface area contributed by atoms with E-state index in [0.717, 1.165) is 10.5 Å². The molecule has 3 nitrogen and oxygen atoms in total. The topological polar surface area (TPSA) is 52.9 Å². The molecule has 0 heterocycles. The minimum Gasteiger partial charge on any atom is -0.348 e. The highest BCUT2D eigenvalue weighted by atomic mass is 32.2. The molecule has 0 bridgehead atoms. The number of carbonyl (C=O) groups excluding carboxylic acids is 1. The Morgan fingerprint density at radius 1 is 1.18 bits per heavy atom. The minimum absolute atomic E-state index is 0.0758. The summed E-state index contributed by atoms with van der Waals surface area (Å²) in [5, 5.41) is 12.1. The van der Waals surface area contributed by atoms with Crippen LogP contribution in [0.25, 0.3) is 0 Å². The van der Waals surface area contributed by atoms with Gasteiger partial charge in [-0.2, -0.15) is 5.26 Å². The number of nitrogens with zero attached hydrogens (tertiary/aromatic N) is 1. The van der Waals surface area contributed by atoms with E-state index < -0.39 is 0 Å². The molecule has 0 saturated heterocycles. The van der Waals surface area contributed by atoms with Crippen molar-refractivity contribution in [2.24, 2.45) is 0 Å². The van der Waals surface area contributed by atoms with Crippen molar-refractivity contribution in [3.8, 4) is 6.07 Å². The van der Waals surface area contributed by atoms with E-state index in [2.05, 4.69) is 25.2 Å². The van der Waals surface area contributed by atoms with E-state index >= 15 is 0 Å². The number of thioether (sulfide) groups is 1. The van der Waals surface area contributed by atoms with Crippen molar-refractivity contribution in [1.29, 1.82) is 5.26 Å². The summed E-state index contributed by atoms with van der Waals surface area (Å²) >= 11 is 1.68. The molecule has 4 heteroatoms. The van der Waals surface area contributed by atoms with Crippen molar-refractivity contribution < 1.29 is 4.79 Å². The lowest BCUT2D eigenvalue weighted by molar-refractivity contribution is 0.0948. The van der Waals surface area contributed by atoms with Crippen molar-refractivity contribution in [2.45, 2.75) is 30.5 Å². The maximum Gasteiger partial charge on any atom is 0.252 e. The highest BCUT2D eigenvalue weighted by molar-refractivity contribution is 8.00. The van der Waals surface area contributed by atoms with Gasteiger partial charge in [-0.25, -0.2) is 0 Å². The van der Waals surface area contributed by atoms with Gasteiger partial charge in [0.2, 0.25) is 0 Å². The number of hydrogen-bond acceptors (Lipinski definition) is 3. The monoisotopic (exact) mass is 310 g/mol. The van der Waals surface area contributed by atoms with Crippen LogP contribution >= 0.6 is 11.8 Å². The molecule has 0 radical (unpaired) electrons. The predicted octanol–water partition coefficient (Wildman–Crippen LogP) is 3.99. The first-order valence-electron chi connectivity index (χ1n) is 7.13. The molecule has 0 unspecified atom stereocenters. The summed E-state index contributed by atoms with van der Waals surface area (Å²) in [6.07, 6.45) is 0. The van der Waals surface area contributed by atoms with Crippen LogP contribution in [0.3, 0.4) is 0 Å². The summed E-state index contributed by atoms with van der Waals surface area (Å²) in [5.74, 6) is -0.0758. The average Bonchev–Trinajstić information content (AvgIpc) is 2.53. The lowest BCUT2D eigenvalue weighted by atomic mass is 10.1. The second-order valence-electron chi connectivity index (χ2n) is 5.15. The maximum absolute atomic E-state index is 12.4. The molecule has 0 atom stereocenters. The average molecular weight is 310 g/mol. The Morgan fingerprint density at radius 3 is 2.50 bits per heavy atom. The fourth-order valence-electron chi connectivity index (χ4n) is 1.99. The molecule has 2 aromatic carbocycles. The van der Waals surface area contributed by atoms with Crippen LogP contribution in [0, 0.1) is 11.3 Å². The third kappa shape index (κ3) is 4.37. The van der Waals surface area contributed by atoms with Crippen LogP contribution in [0.1, 0.15) is 35.3 Å². The number of amides is 1. The summed E-state index contributed by atoms with van der Waals surface area (Å²) < 4.78 is 0. The molecule has 0 aromatic heterocycles. The molecule has 0 aliphatic carbocycles. The van der Waals surface area contributed by atoms with E-state index in [0.29, 0.717) is 22.9 Å². The molecule has 2 aromatic rings. The molecule has 1 amide bonds. The van der Waals surface area contributed by atoms with Crippen LogP contribution in [0.4, 0.5) is 0 Å². The van der Waals surface area contributed by atoms with Crippen LogP contribution < -0.4 is 5.32 Å². The van der Waals surface area contributed by atoms with Crippen LogP contribution in [0.15, 0.2) is 53.4 Å². The van der Waals surface area contributed by atoms with Crippen molar-refractivity contribution in [3.05, 3.63) is 65.2 Å². The summed E-state index contributed by atoms with van der Waals surface area (Å²) in [6, 6.07) is 16.9. The Morgan fingerprint density at radius 2 is 1.86 bits per heavy atom. The zero-order valence-electron chi connectivity index (χ0n) is 12.7. The predicted molar refractivity (Wildman–Crippen MR) is 89.8 cm³/mol. The van der Waals surface area contributed by atoms with Crippen LogP contribution in [-0.2, 0) is 6.54 Å². The zero-order valence-corrected chi connectivity index (χ0v) is 13.5. The number of rotatable bonds is 5. The normalized spacial score (nSPS) is 10.3. The van der Waals surface area contributed by atoms with Crippen LogP contribution in [0.2, 0.25) is 0 Å². The lowest BCUT2D eigenvalue weighted by Crippen LogP contribution is -2.23. The molecular weight excluding hydrogens is 292 g/mol. The summed E-state index contributed by atoms with van der Waals surface area (Å²) in [5.41, 5.74) is 2.30. The Balaban J connectivity index is 2.04. The minimum atomic E-state index is -0.0758. The number of nitriles is 1. The fourth-order valence-corrected chi connectivity index (χ4v) is 2.94. The van der Waals surface area contributed by atoms with Gasteiger partial charge in [-0.05, 0) is 29.8 Å². The van der Waals surface area contributed by atoms with E-state index in [9.17, 15) is 4.79 Å². The third-order valence-corrected chi connectivity index (χ3v) is 4.11. The van der Waals surface area contributed by atoms with E-state index in [1.807, 2.05) is 36.4 Å². The number of hydrogen-bond donors (Lipinski definition) is 1. The quantitative estimate of drug-likeness (QED) is 0.850. The van der Waals surface area contributed by atoms with E-state index in [4.69, 9.17) is 5.26 Å². The highest BCUT2D eigenvalue weighted by Crippen LogP contribution is 2.26. The van der Waals surface area contributed by atoms with Crippen molar-refractivity contribution in [1.82, 2.24) is 5.32 Å². The zero-order chi connectivity index (χ0) is 15.9. The Bertz CT molecular complexity index is 687. The number of benzene rings is 2. The highest BCUT2D eigenvalue weighted by Gasteiger charge is 2.12. The summed E-state index contributed by atoms with van der Waals surface area (Å²) in [6.45, 7) is 4.66. The van der Waals surface area contributed by atoms with Gasteiger partial charge in [-0.3, -0.25) is 4.79 Å². The Labute approximate surface area is 135 Å². The molecule has 0 fully saturated rings. The van der Waals surface area contributed by atoms with Gasteiger partial charge in [0.15, 0.2) is 0 Å². The maximum atomic E-state index is 12.4. The second-order valence-corrected chi connectivity index (χ2v) is 6.77. The molecular formula is C18H18N2OS. The molecule has 0 aliphatic rings. The smallest absolute Gasteiger partial charge is 0.252 e. The number of nitrogens with one attached hydrogen (secondary N) is 1. The van der Waals surface area contributed by atoms with Gasteiger partial charge < -0.3 is 5.32 Å². The van der Waals surface area contributed by atoms with E-state index in [1.165, 1.54) is 0 Å². The number of carbonyl (C=O) groups is 1. The van der Waals surface area contributed by atoms with Crippen LogP contribution in [-0.4, -0.2) is 11.2 Å². The first-order valence-corrected chi connectivity index (χ1v) is 8.01. The van der Waals surface area contributed by atoms with Crippen molar-refractivity contribution in [3.63, 3.8) is 0 Å². The SMILES string of the molecule is CC(C)Sc1ccccc1C(=O)NCc1ccc(C#N)cc1. The largest absolute Gasteiger partial charge is 0.348 e. The van der Waals surface area contributed by atoms with Gasteiger partial charge >= 0.3 is 0 Å². The standard InChI is InChI=1S/C18H18N2OS/c1-13(2)22-17-6-4-3-5-16(17)18(21)20-12-15-9-7-14(11-19)8-10-15/h3-10,13H,12H2,1-2H3,(H,20,21). The molecule has 0 spiro atoms. The fraction of sp³-hybridized carbons (Fsp3) is 0.222. The van der Waals surface area contributed by atoms with Gasteiger partial charge in [-0.15, -0.1) is 11.8 Å².